The number of anilines is 1. The van der Waals surface area contributed by atoms with E-state index in [9.17, 15) is 9.18 Å². The number of benzene rings is 1. The summed E-state index contributed by atoms with van der Waals surface area (Å²) in [5.41, 5.74) is 1.30. The van der Waals surface area contributed by atoms with E-state index in [0.29, 0.717) is 11.3 Å². The number of carbonyl (C=O) groups is 1. The van der Waals surface area contributed by atoms with Gasteiger partial charge in [0.15, 0.2) is 0 Å². The van der Waals surface area contributed by atoms with Crippen molar-refractivity contribution in [3.05, 3.63) is 29.6 Å². The third-order valence-electron chi connectivity index (χ3n) is 3.66. The fourth-order valence-electron chi connectivity index (χ4n) is 2.42. The van der Waals surface area contributed by atoms with Gasteiger partial charge in [-0.25, -0.2) is 9.18 Å². The Hall–Kier alpha value is -1.58. The van der Waals surface area contributed by atoms with Crippen LogP contribution in [0.2, 0.25) is 0 Å². The molecule has 2 rings (SSSR count). The normalized spacial score (nSPS) is 15.1. The molecular weight excluding hydrogens is 243 g/mol. The van der Waals surface area contributed by atoms with E-state index in [1.54, 1.807) is 13.1 Å². The average Bonchev–Trinajstić information content (AvgIpc) is 2.90. The lowest BCUT2D eigenvalue weighted by Gasteiger charge is -2.24. The van der Waals surface area contributed by atoms with Gasteiger partial charge in [0.1, 0.15) is 5.82 Å². The Bertz CT molecular complexity index is 467. The Kier molecular flexibility index (Phi) is 4.08. The van der Waals surface area contributed by atoms with Gasteiger partial charge in [0.05, 0.1) is 0 Å². The number of rotatable bonds is 2. The highest BCUT2D eigenvalue weighted by atomic mass is 19.1. The molecule has 1 aromatic carbocycles. The third-order valence-corrected chi connectivity index (χ3v) is 3.66. The first-order valence-corrected chi connectivity index (χ1v) is 6.83. The predicted octanol–water partition coefficient (Wildman–Crippen LogP) is 3.60. The van der Waals surface area contributed by atoms with Gasteiger partial charge >= 0.3 is 6.03 Å². The summed E-state index contributed by atoms with van der Waals surface area (Å²) in [7, 11) is 1.70. The number of hydrogen-bond acceptors (Lipinski definition) is 1. The molecule has 4 heteroatoms. The molecule has 0 atom stereocenters. The summed E-state index contributed by atoms with van der Waals surface area (Å²) in [6, 6.07) is 4.98. The maximum Gasteiger partial charge on any atom is 0.324 e. The lowest BCUT2D eigenvalue weighted by Crippen LogP contribution is -2.39. The lowest BCUT2D eigenvalue weighted by atomic mass is 10.0. The van der Waals surface area contributed by atoms with Gasteiger partial charge in [-0.1, -0.05) is 19.9 Å². The molecule has 1 aliphatic rings. The van der Waals surface area contributed by atoms with Crippen LogP contribution in [0.25, 0.3) is 0 Å². The summed E-state index contributed by atoms with van der Waals surface area (Å²) in [6.45, 7) is 5.51. The van der Waals surface area contributed by atoms with E-state index in [-0.39, 0.29) is 17.8 Å². The Morgan fingerprint density at radius 3 is 2.47 bits per heavy atom. The van der Waals surface area contributed by atoms with Gasteiger partial charge in [-0.3, -0.25) is 4.90 Å². The summed E-state index contributed by atoms with van der Waals surface area (Å²) in [4.78, 5) is 15.5. The van der Waals surface area contributed by atoms with Crippen molar-refractivity contribution in [2.75, 3.05) is 25.0 Å². The summed E-state index contributed by atoms with van der Waals surface area (Å²) in [6.07, 6.45) is 2.11. The largest absolute Gasteiger partial charge is 0.324 e. The van der Waals surface area contributed by atoms with Crippen molar-refractivity contribution < 1.29 is 9.18 Å². The monoisotopic (exact) mass is 264 g/mol. The summed E-state index contributed by atoms with van der Waals surface area (Å²) in [5, 5.41) is 0. The van der Waals surface area contributed by atoms with Crippen molar-refractivity contribution >= 4 is 11.7 Å². The van der Waals surface area contributed by atoms with Crippen molar-refractivity contribution in [1.82, 2.24) is 4.90 Å². The molecule has 0 aromatic heterocycles. The van der Waals surface area contributed by atoms with Crippen LogP contribution in [0, 0.1) is 5.82 Å². The first kappa shape index (κ1) is 13.8. The van der Waals surface area contributed by atoms with Crippen LogP contribution < -0.4 is 4.90 Å². The molecule has 0 unspecified atom stereocenters. The zero-order valence-electron chi connectivity index (χ0n) is 11.8. The van der Waals surface area contributed by atoms with Crippen molar-refractivity contribution in [3.63, 3.8) is 0 Å². The van der Waals surface area contributed by atoms with E-state index in [1.165, 1.54) is 11.0 Å². The van der Waals surface area contributed by atoms with Crippen LogP contribution in [-0.2, 0) is 0 Å². The van der Waals surface area contributed by atoms with Crippen LogP contribution >= 0.6 is 0 Å². The SMILES string of the molecule is CC(C)c1ccc(N(C)C(=O)N2CCCC2)cc1F. The minimum Gasteiger partial charge on any atom is -0.324 e. The number of carbonyl (C=O) groups excluding carboxylic acids is 1. The molecule has 0 saturated carbocycles. The zero-order valence-corrected chi connectivity index (χ0v) is 11.8. The second kappa shape index (κ2) is 5.59. The van der Waals surface area contributed by atoms with Gasteiger partial charge in [0.2, 0.25) is 0 Å². The van der Waals surface area contributed by atoms with E-state index in [4.69, 9.17) is 0 Å². The average molecular weight is 264 g/mol. The van der Waals surface area contributed by atoms with E-state index in [1.807, 2.05) is 24.8 Å². The topological polar surface area (TPSA) is 23.6 Å². The summed E-state index contributed by atoms with van der Waals surface area (Å²) in [5.74, 6) is -0.0952. The molecule has 1 aliphatic heterocycles. The minimum atomic E-state index is -0.242. The number of urea groups is 1. The number of hydrogen-bond donors (Lipinski definition) is 0. The number of amides is 2. The Morgan fingerprint density at radius 2 is 1.95 bits per heavy atom. The molecule has 1 aromatic rings. The van der Waals surface area contributed by atoms with Crippen LogP contribution in [-0.4, -0.2) is 31.1 Å². The number of likely N-dealkylation sites (tertiary alicyclic amines) is 1. The maximum absolute atomic E-state index is 14.0. The number of nitrogens with zero attached hydrogens (tertiary/aromatic N) is 2. The van der Waals surface area contributed by atoms with Crippen LogP contribution in [0.15, 0.2) is 18.2 Å². The van der Waals surface area contributed by atoms with Crippen molar-refractivity contribution in [1.29, 1.82) is 0 Å². The smallest absolute Gasteiger partial charge is 0.324 e. The molecule has 1 fully saturated rings. The van der Waals surface area contributed by atoms with Crippen molar-refractivity contribution in [2.24, 2.45) is 0 Å². The molecule has 0 aliphatic carbocycles. The molecule has 104 valence electrons. The van der Waals surface area contributed by atoms with Crippen LogP contribution in [0.4, 0.5) is 14.9 Å². The molecule has 0 radical (unpaired) electrons. The lowest BCUT2D eigenvalue weighted by molar-refractivity contribution is 0.217. The van der Waals surface area contributed by atoms with E-state index in [2.05, 4.69) is 0 Å². The van der Waals surface area contributed by atoms with E-state index in [0.717, 1.165) is 25.9 Å². The highest BCUT2D eigenvalue weighted by Gasteiger charge is 2.22. The molecule has 0 N–H and O–H groups in total. The minimum absolute atomic E-state index is 0.0470. The zero-order chi connectivity index (χ0) is 14.0. The molecular formula is C15H21FN2O. The Morgan fingerprint density at radius 1 is 1.32 bits per heavy atom. The second-order valence-electron chi connectivity index (χ2n) is 5.40. The second-order valence-corrected chi connectivity index (χ2v) is 5.40. The van der Waals surface area contributed by atoms with Gasteiger partial charge < -0.3 is 4.90 Å². The summed E-state index contributed by atoms with van der Waals surface area (Å²) < 4.78 is 14.0. The van der Waals surface area contributed by atoms with E-state index < -0.39 is 0 Å². The fraction of sp³-hybridized carbons (Fsp3) is 0.533. The van der Waals surface area contributed by atoms with Crippen LogP contribution in [0.3, 0.4) is 0 Å². The Balaban J connectivity index is 2.17. The fourth-order valence-corrected chi connectivity index (χ4v) is 2.42. The molecule has 0 bridgehead atoms. The van der Waals surface area contributed by atoms with Gasteiger partial charge in [-0.2, -0.15) is 0 Å². The maximum atomic E-state index is 14.0. The van der Waals surface area contributed by atoms with Crippen molar-refractivity contribution in [2.45, 2.75) is 32.6 Å². The first-order chi connectivity index (χ1) is 9.00. The van der Waals surface area contributed by atoms with Gasteiger partial charge in [0, 0.05) is 25.8 Å². The van der Waals surface area contributed by atoms with Crippen molar-refractivity contribution in [3.8, 4) is 0 Å². The van der Waals surface area contributed by atoms with Gasteiger partial charge in [0.25, 0.3) is 0 Å². The Labute approximate surface area is 114 Å². The van der Waals surface area contributed by atoms with E-state index >= 15 is 0 Å². The standard InChI is InChI=1S/C15H21FN2O/c1-11(2)13-7-6-12(10-14(13)16)17(3)15(19)18-8-4-5-9-18/h6-7,10-11H,4-5,8-9H2,1-3H3. The van der Waals surface area contributed by atoms with Gasteiger partial charge in [-0.15, -0.1) is 0 Å². The van der Waals surface area contributed by atoms with Gasteiger partial charge in [-0.05, 0) is 36.5 Å². The molecule has 1 heterocycles. The highest BCUT2D eigenvalue weighted by Crippen LogP contribution is 2.24. The number of halogens is 1. The van der Waals surface area contributed by atoms with Crippen LogP contribution in [0.1, 0.15) is 38.2 Å². The first-order valence-electron chi connectivity index (χ1n) is 6.83. The predicted molar refractivity (Wildman–Crippen MR) is 75.1 cm³/mol. The highest BCUT2D eigenvalue weighted by molar-refractivity contribution is 5.91. The molecule has 19 heavy (non-hydrogen) atoms. The molecule has 2 amide bonds. The molecule has 3 nitrogen and oxygen atoms in total. The quantitative estimate of drug-likeness (QED) is 0.800. The molecule has 0 spiro atoms. The molecule has 1 saturated heterocycles. The summed E-state index contributed by atoms with van der Waals surface area (Å²) >= 11 is 0. The van der Waals surface area contributed by atoms with Crippen LogP contribution in [0.5, 0.6) is 0 Å². The third kappa shape index (κ3) is 2.88.